The Labute approximate surface area is 143 Å². The number of carboxylic acids is 1. The molecule has 0 aliphatic heterocycles. The first-order valence-electron chi connectivity index (χ1n) is 8.15. The van der Waals surface area contributed by atoms with Gasteiger partial charge in [0.25, 0.3) is 0 Å². The minimum Gasteiger partial charge on any atom is -0.481 e. The van der Waals surface area contributed by atoms with E-state index in [0.29, 0.717) is 19.3 Å². The summed E-state index contributed by atoms with van der Waals surface area (Å²) in [6, 6.07) is 5.50. The van der Waals surface area contributed by atoms with E-state index in [1.165, 1.54) is 18.3 Å². The Hall–Kier alpha value is -2.77. The first-order valence-corrected chi connectivity index (χ1v) is 8.15. The summed E-state index contributed by atoms with van der Waals surface area (Å²) < 4.78 is 14.5. The van der Waals surface area contributed by atoms with Crippen molar-refractivity contribution in [3.63, 3.8) is 0 Å². The molecule has 1 unspecified atom stereocenters. The minimum atomic E-state index is -0.867. The first kappa shape index (κ1) is 17.1. The second-order valence-electron chi connectivity index (χ2n) is 6.26. The summed E-state index contributed by atoms with van der Waals surface area (Å²) in [6.45, 7) is 0. The van der Waals surface area contributed by atoms with E-state index >= 15 is 0 Å². The molecule has 1 aliphatic rings. The molecule has 3 atom stereocenters. The van der Waals surface area contributed by atoms with Gasteiger partial charge in [-0.1, -0.05) is 17.3 Å². The van der Waals surface area contributed by atoms with Crippen molar-refractivity contribution in [1.29, 1.82) is 0 Å². The van der Waals surface area contributed by atoms with Crippen LogP contribution in [0.2, 0.25) is 0 Å². The molecule has 1 saturated carbocycles. The Morgan fingerprint density at radius 3 is 2.68 bits per heavy atom. The summed E-state index contributed by atoms with van der Waals surface area (Å²) in [5, 5.41) is 19.9. The molecule has 25 heavy (non-hydrogen) atoms. The fraction of sp³-hybridized carbons (Fsp3) is 0.412. The maximum atomic E-state index is 12.9. The standard InChI is InChI=1S/C17H19FN4O3/c18-13-4-1-11(2-5-13)3-6-16(23)20-14-9-12(17(24)25)10-15(14)22-8-7-19-21-22/h1-2,4-5,7-8,12,14-15H,3,6,9-10H2,(H,20,23)(H,24,25)/t12?,14-,15+/m1/s1. The Bertz CT molecular complexity index is 733. The maximum Gasteiger partial charge on any atom is 0.306 e. The van der Waals surface area contributed by atoms with Crippen molar-refractivity contribution < 1.29 is 19.1 Å². The predicted molar refractivity (Wildman–Crippen MR) is 86.1 cm³/mol. The van der Waals surface area contributed by atoms with E-state index in [-0.39, 0.29) is 30.2 Å². The molecule has 7 nitrogen and oxygen atoms in total. The number of hydrogen-bond donors (Lipinski definition) is 2. The van der Waals surface area contributed by atoms with Crippen LogP contribution < -0.4 is 5.32 Å². The molecule has 1 amide bonds. The lowest BCUT2D eigenvalue weighted by molar-refractivity contribution is -0.141. The van der Waals surface area contributed by atoms with Crippen molar-refractivity contribution in [1.82, 2.24) is 20.3 Å². The molecule has 1 aliphatic carbocycles. The monoisotopic (exact) mass is 346 g/mol. The number of rotatable bonds is 6. The van der Waals surface area contributed by atoms with Crippen LogP contribution in [0.5, 0.6) is 0 Å². The summed E-state index contributed by atoms with van der Waals surface area (Å²) in [5.41, 5.74) is 0.874. The number of nitrogens with one attached hydrogen (secondary N) is 1. The Morgan fingerprint density at radius 1 is 1.28 bits per heavy atom. The summed E-state index contributed by atoms with van der Waals surface area (Å²) in [5.74, 6) is -1.86. The lowest BCUT2D eigenvalue weighted by Gasteiger charge is -2.20. The smallest absolute Gasteiger partial charge is 0.306 e. The number of carbonyl (C=O) groups is 2. The van der Waals surface area contributed by atoms with Crippen LogP contribution in [0.3, 0.4) is 0 Å². The molecule has 132 valence electrons. The Kier molecular flexibility index (Phi) is 5.06. The molecule has 1 fully saturated rings. The highest BCUT2D eigenvalue weighted by Gasteiger charge is 2.40. The zero-order valence-electron chi connectivity index (χ0n) is 13.5. The normalized spacial score (nSPS) is 22.7. The third-order valence-electron chi connectivity index (χ3n) is 4.56. The SMILES string of the molecule is O=C(CCc1ccc(F)cc1)N[C@@H]1CC(C(=O)O)C[C@@H]1n1ccnn1. The fourth-order valence-electron chi connectivity index (χ4n) is 3.25. The third-order valence-corrected chi connectivity index (χ3v) is 4.56. The second kappa shape index (κ2) is 7.42. The maximum absolute atomic E-state index is 12.9. The number of aromatic nitrogens is 3. The van der Waals surface area contributed by atoms with Gasteiger partial charge in [0.2, 0.25) is 5.91 Å². The highest BCUT2D eigenvalue weighted by atomic mass is 19.1. The van der Waals surface area contributed by atoms with E-state index in [1.807, 2.05) is 0 Å². The molecule has 1 heterocycles. The largest absolute Gasteiger partial charge is 0.481 e. The number of carboxylic acid groups (broad SMARTS) is 1. The van der Waals surface area contributed by atoms with Crippen LogP contribution in [-0.2, 0) is 16.0 Å². The van der Waals surface area contributed by atoms with E-state index in [4.69, 9.17) is 0 Å². The Balaban J connectivity index is 1.60. The van der Waals surface area contributed by atoms with Gasteiger partial charge in [-0.25, -0.2) is 9.07 Å². The number of halogens is 1. The van der Waals surface area contributed by atoms with Crippen LogP contribution >= 0.6 is 0 Å². The average molecular weight is 346 g/mol. The van der Waals surface area contributed by atoms with E-state index < -0.39 is 11.9 Å². The van der Waals surface area contributed by atoms with Crippen LogP contribution in [-0.4, -0.2) is 38.0 Å². The van der Waals surface area contributed by atoms with Crippen molar-refractivity contribution >= 4 is 11.9 Å². The van der Waals surface area contributed by atoms with Crippen LogP contribution in [0.4, 0.5) is 4.39 Å². The molecule has 3 rings (SSSR count). The van der Waals surface area contributed by atoms with Crippen molar-refractivity contribution in [3.05, 3.63) is 48.0 Å². The van der Waals surface area contributed by atoms with E-state index in [2.05, 4.69) is 15.6 Å². The number of benzene rings is 1. The van der Waals surface area contributed by atoms with E-state index in [9.17, 15) is 19.1 Å². The van der Waals surface area contributed by atoms with Crippen LogP contribution in [0.15, 0.2) is 36.7 Å². The average Bonchev–Trinajstić information content (AvgIpc) is 3.23. The fourth-order valence-corrected chi connectivity index (χ4v) is 3.25. The molecule has 0 saturated heterocycles. The molecule has 1 aromatic carbocycles. The highest BCUT2D eigenvalue weighted by Crippen LogP contribution is 2.34. The number of hydrogen-bond acceptors (Lipinski definition) is 4. The third kappa shape index (κ3) is 4.20. The Morgan fingerprint density at radius 2 is 2.04 bits per heavy atom. The van der Waals surface area contributed by atoms with Gasteiger partial charge in [-0.15, -0.1) is 5.10 Å². The quantitative estimate of drug-likeness (QED) is 0.827. The van der Waals surface area contributed by atoms with Crippen molar-refractivity contribution in [2.45, 2.75) is 37.8 Å². The number of nitrogens with zero attached hydrogens (tertiary/aromatic N) is 3. The van der Waals surface area contributed by atoms with Gasteiger partial charge >= 0.3 is 5.97 Å². The van der Waals surface area contributed by atoms with Crippen molar-refractivity contribution in [3.8, 4) is 0 Å². The summed E-state index contributed by atoms with van der Waals surface area (Å²) in [4.78, 5) is 23.6. The van der Waals surface area contributed by atoms with Crippen molar-refractivity contribution in [2.75, 3.05) is 0 Å². The summed E-state index contributed by atoms with van der Waals surface area (Å²) >= 11 is 0. The second-order valence-corrected chi connectivity index (χ2v) is 6.26. The number of aryl methyl sites for hydroxylation is 1. The van der Waals surface area contributed by atoms with Gasteiger partial charge in [0.15, 0.2) is 0 Å². The number of aliphatic carboxylic acids is 1. The number of amides is 1. The predicted octanol–water partition coefficient (Wildman–Crippen LogP) is 1.57. The molecule has 0 bridgehead atoms. The molecular weight excluding hydrogens is 327 g/mol. The summed E-state index contributed by atoms with van der Waals surface area (Å²) in [7, 11) is 0. The zero-order valence-corrected chi connectivity index (χ0v) is 13.5. The van der Waals surface area contributed by atoms with Gasteiger partial charge in [-0.05, 0) is 37.0 Å². The van der Waals surface area contributed by atoms with E-state index in [1.54, 1.807) is 23.0 Å². The van der Waals surface area contributed by atoms with E-state index in [0.717, 1.165) is 5.56 Å². The molecule has 0 radical (unpaired) electrons. The molecule has 8 heteroatoms. The topological polar surface area (TPSA) is 97.1 Å². The molecular formula is C17H19FN4O3. The van der Waals surface area contributed by atoms with Gasteiger partial charge in [0.1, 0.15) is 5.82 Å². The van der Waals surface area contributed by atoms with Gasteiger partial charge in [-0.3, -0.25) is 9.59 Å². The van der Waals surface area contributed by atoms with Crippen LogP contribution in [0, 0.1) is 11.7 Å². The highest BCUT2D eigenvalue weighted by molar-refractivity contribution is 5.77. The van der Waals surface area contributed by atoms with Crippen LogP contribution in [0.25, 0.3) is 0 Å². The van der Waals surface area contributed by atoms with Gasteiger partial charge in [-0.2, -0.15) is 0 Å². The molecule has 1 aromatic heterocycles. The molecule has 0 spiro atoms. The van der Waals surface area contributed by atoms with Gasteiger partial charge in [0, 0.05) is 12.6 Å². The minimum absolute atomic E-state index is 0.162. The first-order chi connectivity index (χ1) is 12.0. The zero-order chi connectivity index (χ0) is 17.8. The van der Waals surface area contributed by atoms with Crippen LogP contribution in [0.1, 0.15) is 30.9 Å². The molecule has 2 aromatic rings. The summed E-state index contributed by atoms with van der Waals surface area (Å²) in [6.07, 6.45) is 4.72. The van der Waals surface area contributed by atoms with Crippen molar-refractivity contribution in [2.24, 2.45) is 5.92 Å². The number of carbonyl (C=O) groups excluding carboxylic acids is 1. The van der Waals surface area contributed by atoms with Gasteiger partial charge in [0.05, 0.1) is 24.2 Å². The lowest BCUT2D eigenvalue weighted by Crippen LogP contribution is -2.38. The lowest BCUT2D eigenvalue weighted by atomic mass is 10.1. The molecule has 2 N–H and O–H groups in total. The van der Waals surface area contributed by atoms with Gasteiger partial charge < -0.3 is 10.4 Å².